The number of pyridine rings is 1. The first-order valence-electron chi connectivity index (χ1n) is 5.54. The lowest BCUT2D eigenvalue weighted by Crippen LogP contribution is -2.14. The molecule has 1 N–H and O–H groups in total. The summed E-state index contributed by atoms with van der Waals surface area (Å²) in [6.45, 7) is 2.54. The molecule has 94 valence electrons. The number of hydrogen-bond acceptors (Lipinski definition) is 3. The molecule has 6 heteroatoms. The van der Waals surface area contributed by atoms with Crippen molar-refractivity contribution >= 4 is 34.2 Å². The minimum atomic E-state index is -0.0237. The third-order valence-corrected chi connectivity index (χ3v) is 3.48. The Hall–Kier alpha value is -1.44. The molecule has 2 aromatic heterocycles. The van der Waals surface area contributed by atoms with Gasteiger partial charge in [-0.1, -0.05) is 0 Å². The van der Waals surface area contributed by atoms with E-state index in [2.05, 4.69) is 38.0 Å². The summed E-state index contributed by atoms with van der Waals surface area (Å²) in [5.74, 6) is -0.0237. The van der Waals surface area contributed by atoms with Gasteiger partial charge in [-0.3, -0.25) is 14.5 Å². The molecule has 0 unspecified atom stereocenters. The van der Waals surface area contributed by atoms with E-state index >= 15 is 0 Å². The van der Waals surface area contributed by atoms with Crippen LogP contribution in [0.1, 0.15) is 12.1 Å². The molecule has 0 spiro atoms. The fourth-order valence-electron chi connectivity index (χ4n) is 1.48. The van der Waals surface area contributed by atoms with Crippen LogP contribution in [0.15, 0.2) is 30.7 Å². The second-order valence-electron chi connectivity index (χ2n) is 3.86. The van der Waals surface area contributed by atoms with Crippen molar-refractivity contribution in [1.82, 2.24) is 14.8 Å². The first-order valence-corrected chi connectivity index (χ1v) is 6.62. The van der Waals surface area contributed by atoms with Crippen molar-refractivity contribution in [3.05, 3.63) is 40.0 Å². The van der Waals surface area contributed by atoms with Crippen LogP contribution >= 0.6 is 22.6 Å². The number of carbonyl (C=O) groups excluding carboxylic acids is 1. The van der Waals surface area contributed by atoms with Gasteiger partial charge in [-0.15, -0.1) is 0 Å². The van der Waals surface area contributed by atoms with E-state index in [0.29, 0.717) is 13.0 Å². The normalized spacial score (nSPS) is 10.3. The summed E-state index contributed by atoms with van der Waals surface area (Å²) in [5.41, 5.74) is 1.76. The van der Waals surface area contributed by atoms with Gasteiger partial charge in [0.15, 0.2) is 0 Å². The fourth-order valence-corrected chi connectivity index (χ4v) is 1.91. The minimum Gasteiger partial charge on any atom is -0.326 e. The second-order valence-corrected chi connectivity index (χ2v) is 5.02. The first kappa shape index (κ1) is 13.0. The number of carbonyl (C=O) groups is 1. The number of anilines is 1. The van der Waals surface area contributed by atoms with Crippen LogP contribution in [0.5, 0.6) is 0 Å². The number of amides is 1. The third-order valence-electron chi connectivity index (χ3n) is 2.42. The van der Waals surface area contributed by atoms with Crippen LogP contribution in [0.4, 0.5) is 5.69 Å². The summed E-state index contributed by atoms with van der Waals surface area (Å²) < 4.78 is 2.91. The van der Waals surface area contributed by atoms with E-state index in [1.165, 1.54) is 0 Å². The third kappa shape index (κ3) is 3.52. The van der Waals surface area contributed by atoms with Crippen LogP contribution < -0.4 is 5.32 Å². The maximum atomic E-state index is 11.7. The van der Waals surface area contributed by atoms with E-state index in [1.807, 2.05) is 13.1 Å². The predicted octanol–water partition coefficient (Wildman–Crippen LogP) is 2.22. The monoisotopic (exact) mass is 356 g/mol. The molecular weight excluding hydrogens is 343 g/mol. The lowest BCUT2D eigenvalue weighted by Gasteiger charge is -2.04. The van der Waals surface area contributed by atoms with Crippen molar-refractivity contribution in [2.24, 2.45) is 0 Å². The fraction of sp³-hybridized carbons (Fsp3) is 0.250. The molecule has 2 rings (SSSR count). The Bertz CT molecular complexity index is 519. The summed E-state index contributed by atoms with van der Waals surface area (Å²) in [7, 11) is 0. The number of nitrogens with zero attached hydrogens (tertiary/aromatic N) is 3. The van der Waals surface area contributed by atoms with Crippen LogP contribution in [0.3, 0.4) is 0 Å². The highest BCUT2D eigenvalue weighted by molar-refractivity contribution is 14.1. The van der Waals surface area contributed by atoms with Crippen molar-refractivity contribution in [2.75, 3.05) is 5.32 Å². The zero-order valence-corrected chi connectivity index (χ0v) is 12.1. The van der Waals surface area contributed by atoms with Gasteiger partial charge in [0.05, 0.1) is 9.26 Å². The van der Waals surface area contributed by atoms with Crippen LogP contribution in [0.25, 0.3) is 0 Å². The van der Waals surface area contributed by atoms with E-state index in [0.717, 1.165) is 15.0 Å². The molecule has 0 aliphatic carbocycles. The second kappa shape index (κ2) is 5.94. The number of nitrogens with one attached hydrogen (secondary N) is 1. The highest BCUT2D eigenvalue weighted by atomic mass is 127. The van der Waals surface area contributed by atoms with Gasteiger partial charge >= 0.3 is 0 Å². The molecule has 18 heavy (non-hydrogen) atoms. The van der Waals surface area contributed by atoms with Crippen molar-refractivity contribution in [2.45, 2.75) is 19.9 Å². The number of aryl methyl sites for hydroxylation is 2. The maximum absolute atomic E-state index is 11.7. The summed E-state index contributed by atoms with van der Waals surface area (Å²) in [6.07, 6.45) is 5.64. The highest BCUT2D eigenvalue weighted by Crippen LogP contribution is 2.09. The van der Waals surface area contributed by atoms with Gasteiger partial charge in [0.2, 0.25) is 5.91 Å². The largest absolute Gasteiger partial charge is 0.326 e. The Balaban J connectivity index is 1.85. The molecule has 0 saturated carbocycles. The maximum Gasteiger partial charge on any atom is 0.226 e. The molecule has 5 nitrogen and oxygen atoms in total. The lowest BCUT2D eigenvalue weighted by atomic mass is 10.3. The van der Waals surface area contributed by atoms with E-state index < -0.39 is 0 Å². The van der Waals surface area contributed by atoms with Crippen molar-refractivity contribution in [3.8, 4) is 0 Å². The van der Waals surface area contributed by atoms with Crippen LogP contribution in [0, 0.1) is 10.5 Å². The molecule has 0 bridgehead atoms. The Morgan fingerprint density at radius 2 is 2.17 bits per heavy atom. The number of hydrogen-bond donors (Lipinski definition) is 1. The summed E-state index contributed by atoms with van der Waals surface area (Å²) in [5, 5.41) is 7.12. The average Bonchev–Trinajstić information content (AvgIpc) is 2.68. The smallest absolute Gasteiger partial charge is 0.226 e. The molecule has 0 fully saturated rings. The topological polar surface area (TPSA) is 59.8 Å². The van der Waals surface area contributed by atoms with E-state index in [1.54, 1.807) is 29.2 Å². The number of halogens is 1. The Morgan fingerprint density at radius 1 is 1.44 bits per heavy atom. The zero-order chi connectivity index (χ0) is 13.0. The average molecular weight is 356 g/mol. The summed E-state index contributed by atoms with van der Waals surface area (Å²) >= 11 is 2.23. The quantitative estimate of drug-likeness (QED) is 0.855. The van der Waals surface area contributed by atoms with Gasteiger partial charge in [-0.2, -0.15) is 5.10 Å². The van der Waals surface area contributed by atoms with Gasteiger partial charge < -0.3 is 5.32 Å². The predicted molar refractivity (Wildman–Crippen MR) is 77.2 cm³/mol. The van der Waals surface area contributed by atoms with Crippen LogP contribution in [-0.2, 0) is 11.3 Å². The van der Waals surface area contributed by atoms with Gasteiger partial charge in [-0.05, 0) is 41.6 Å². The van der Waals surface area contributed by atoms with Crippen LogP contribution in [-0.4, -0.2) is 20.7 Å². The van der Waals surface area contributed by atoms with Crippen LogP contribution in [0.2, 0.25) is 0 Å². The van der Waals surface area contributed by atoms with Gasteiger partial charge in [0, 0.05) is 37.2 Å². The van der Waals surface area contributed by atoms with Crippen molar-refractivity contribution < 1.29 is 4.79 Å². The van der Waals surface area contributed by atoms with Crippen molar-refractivity contribution in [1.29, 1.82) is 0 Å². The Kier molecular flexibility index (Phi) is 4.29. The lowest BCUT2D eigenvalue weighted by molar-refractivity contribution is -0.116. The molecule has 0 aliphatic heterocycles. The molecule has 0 radical (unpaired) electrons. The van der Waals surface area contributed by atoms with E-state index in [4.69, 9.17) is 0 Å². The zero-order valence-electron chi connectivity index (χ0n) is 9.93. The SMILES string of the molecule is Cc1nn(CCC(=O)Nc2ccncc2)cc1I. The standard InChI is InChI=1S/C12H13IN4O/c1-9-11(13)8-17(16-9)7-4-12(18)15-10-2-5-14-6-3-10/h2-3,5-6,8H,4,7H2,1H3,(H,14,15,18). The number of rotatable bonds is 4. The minimum absolute atomic E-state index is 0.0237. The first-order chi connectivity index (χ1) is 8.65. The number of aromatic nitrogens is 3. The van der Waals surface area contributed by atoms with Gasteiger partial charge in [0.25, 0.3) is 0 Å². The van der Waals surface area contributed by atoms with E-state index in [-0.39, 0.29) is 5.91 Å². The van der Waals surface area contributed by atoms with Gasteiger partial charge in [0.1, 0.15) is 0 Å². The Morgan fingerprint density at radius 3 is 2.78 bits per heavy atom. The summed E-state index contributed by atoms with van der Waals surface area (Å²) in [4.78, 5) is 15.6. The molecular formula is C12H13IN4O. The van der Waals surface area contributed by atoms with Crippen molar-refractivity contribution in [3.63, 3.8) is 0 Å². The van der Waals surface area contributed by atoms with Gasteiger partial charge in [-0.25, -0.2) is 0 Å². The molecule has 2 aromatic rings. The Labute approximate surface area is 119 Å². The molecule has 2 heterocycles. The summed E-state index contributed by atoms with van der Waals surface area (Å²) in [6, 6.07) is 3.53. The molecule has 0 atom stereocenters. The molecule has 0 saturated heterocycles. The highest BCUT2D eigenvalue weighted by Gasteiger charge is 2.05. The van der Waals surface area contributed by atoms with E-state index in [9.17, 15) is 4.79 Å². The molecule has 0 aliphatic rings. The molecule has 1 amide bonds. The molecule has 0 aromatic carbocycles.